The van der Waals surface area contributed by atoms with Crippen LogP contribution in [0.2, 0.25) is 0 Å². The minimum absolute atomic E-state index is 0.0128. The van der Waals surface area contributed by atoms with Crippen LogP contribution in [0.4, 0.5) is 41.6 Å². The summed E-state index contributed by atoms with van der Waals surface area (Å²) >= 11 is 0. The fourth-order valence-electron chi connectivity index (χ4n) is 2.53. The minimum atomic E-state index is -5.35. The zero-order chi connectivity index (χ0) is 22.1. The van der Waals surface area contributed by atoms with Crippen LogP contribution in [0.3, 0.4) is 0 Å². The Labute approximate surface area is 158 Å². The predicted molar refractivity (Wildman–Crippen MR) is 90.8 cm³/mol. The van der Waals surface area contributed by atoms with E-state index in [2.05, 4.69) is 0 Å². The van der Waals surface area contributed by atoms with Crippen LogP contribution in [0, 0.1) is 37.3 Å². The summed E-state index contributed by atoms with van der Waals surface area (Å²) in [6.45, 7) is 1.44. The molecule has 0 atom stereocenters. The molecule has 14 heteroatoms. The fourth-order valence-corrected chi connectivity index (χ4v) is 2.53. The van der Waals surface area contributed by atoms with E-state index in [1.165, 1.54) is 13.0 Å². The highest BCUT2D eigenvalue weighted by Crippen LogP contribution is 2.47. The maximum Gasteiger partial charge on any atom is 0.418 e. The first-order chi connectivity index (χ1) is 13.4. The molecule has 0 aromatic heterocycles. The molecule has 2 aromatic carbocycles. The Morgan fingerprint density at radius 2 is 1.52 bits per heavy atom. The second kappa shape index (κ2) is 7.49. The molecule has 0 saturated carbocycles. The molecule has 1 amide bonds. The van der Waals surface area contributed by atoms with Gasteiger partial charge in [0.05, 0.1) is 26.4 Å². The van der Waals surface area contributed by atoms with Gasteiger partial charge in [0.15, 0.2) is 0 Å². The number of carbonyl (C=O) groups is 1. The van der Waals surface area contributed by atoms with Crippen molar-refractivity contribution in [2.45, 2.75) is 13.1 Å². The van der Waals surface area contributed by atoms with Crippen molar-refractivity contribution in [2.24, 2.45) is 0 Å². The van der Waals surface area contributed by atoms with E-state index in [0.717, 1.165) is 12.1 Å². The van der Waals surface area contributed by atoms with Crippen molar-refractivity contribution in [3.8, 4) is 0 Å². The summed E-state index contributed by atoms with van der Waals surface area (Å²) < 4.78 is 40.6. The third kappa shape index (κ3) is 4.10. The summed E-state index contributed by atoms with van der Waals surface area (Å²) in [5.41, 5.74) is -7.06. The van der Waals surface area contributed by atoms with E-state index in [9.17, 15) is 48.3 Å². The summed E-state index contributed by atoms with van der Waals surface area (Å²) in [4.78, 5) is 41.6. The molecule has 0 aliphatic rings. The van der Waals surface area contributed by atoms with Crippen LogP contribution in [-0.4, -0.2) is 21.2 Å². The fraction of sp³-hybridized carbons (Fsp3) is 0.133. The lowest BCUT2D eigenvalue weighted by Gasteiger charge is -2.21. The van der Waals surface area contributed by atoms with Crippen molar-refractivity contribution in [3.63, 3.8) is 0 Å². The van der Waals surface area contributed by atoms with Crippen LogP contribution in [0.15, 0.2) is 30.3 Å². The average Bonchev–Trinajstić information content (AvgIpc) is 2.61. The summed E-state index contributed by atoms with van der Waals surface area (Å²) in [5, 5.41) is 33.5. The van der Waals surface area contributed by atoms with Gasteiger partial charge in [-0.3, -0.25) is 40.0 Å². The first-order valence-corrected chi connectivity index (χ1v) is 7.42. The summed E-state index contributed by atoms with van der Waals surface area (Å²) in [5.74, 6) is 0. The molecule has 0 bridgehead atoms. The quantitative estimate of drug-likeness (QED) is 0.393. The van der Waals surface area contributed by atoms with Gasteiger partial charge in [0.1, 0.15) is 11.4 Å². The number of benzene rings is 2. The molecule has 2 aromatic rings. The topological polar surface area (TPSA) is 150 Å². The lowest BCUT2D eigenvalue weighted by molar-refractivity contribution is -0.394. The Morgan fingerprint density at radius 1 is 0.931 bits per heavy atom. The molecule has 0 radical (unpaired) electrons. The lowest BCUT2D eigenvalue weighted by atomic mass is 10.1. The van der Waals surface area contributed by atoms with Crippen LogP contribution in [0.1, 0.15) is 11.1 Å². The number of nitro groups is 3. The van der Waals surface area contributed by atoms with E-state index in [1.807, 2.05) is 0 Å². The van der Waals surface area contributed by atoms with Gasteiger partial charge < -0.3 is 0 Å². The van der Waals surface area contributed by atoms with Crippen LogP contribution >= 0.6 is 0 Å². The monoisotopic (exact) mass is 414 g/mol. The first-order valence-electron chi connectivity index (χ1n) is 7.42. The highest BCUT2D eigenvalue weighted by atomic mass is 19.4. The first kappa shape index (κ1) is 21.2. The van der Waals surface area contributed by atoms with Crippen molar-refractivity contribution in [1.29, 1.82) is 0 Å². The van der Waals surface area contributed by atoms with Gasteiger partial charge in [-0.1, -0.05) is 6.07 Å². The molecule has 2 rings (SSSR count). The van der Waals surface area contributed by atoms with Crippen molar-refractivity contribution in [1.82, 2.24) is 0 Å². The Hall–Kier alpha value is -4.10. The summed E-state index contributed by atoms with van der Waals surface area (Å²) in [7, 11) is 0. The molecule has 29 heavy (non-hydrogen) atoms. The number of carbonyl (C=O) groups excluding carboxylic acids is 1. The third-order valence-corrected chi connectivity index (χ3v) is 3.72. The van der Waals surface area contributed by atoms with Crippen molar-refractivity contribution >= 4 is 34.8 Å². The van der Waals surface area contributed by atoms with E-state index in [-0.39, 0.29) is 23.4 Å². The molecular formula is C15H9F3N4O7. The Kier molecular flexibility index (Phi) is 5.48. The van der Waals surface area contributed by atoms with Crippen LogP contribution in [-0.2, 0) is 11.0 Å². The number of nitrogens with zero attached hydrogens (tertiary/aromatic N) is 4. The van der Waals surface area contributed by atoms with Gasteiger partial charge in [-0.25, -0.2) is 0 Å². The normalized spacial score (nSPS) is 11.0. The number of non-ortho nitro benzene ring substituents is 1. The number of amides is 1. The summed E-state index contributed by atoms with van der Waals surface area (Å²) in [6.07, 6.45) is -5.63. The van der Waals surface area contributed by atoms with E-state index >= 15 is 0 Å². The highest BCUT2D eigenvalue weighted by molar-refractivity contribution is 5.95. The lowest BCUT2D eigenvalue weighted by Crippen LogP contribution is -2.22. The number of anilines is 2. The predicted octanol–water partition coefficient (Wildman–Crippen LogP) is 4.03. The zero-order valence-corrected chi connectivity index (χ0v) is 14.2. The maximum atomic E-state index is 13.5. The van der Waals surface area contributed by atoms with E-state index in [4.69, 9.17) is 0 Å². The Balaban J connectivity index is 2.98. The molecule has 0 fully saturated rings. The third-order valence-electron chi connectivity index (χ3n) is 3.72. The highest BCUT2D eigenvalue weighted by Gasteiger charge is 2.42. The standard InChI is InChI=1S/C15H9F3N4O7/c1-8-2-3-11(12(4-8)21(26)27)19(7-23)14-10(15(16,17)18)5-9(20(24)25)6-13(14)22(28)29/h2-7H,1H3. The van der Waals surface area contributed by atoms with Crippen molar-refractivity contribution in [3.05, 3.63) is 71.8 Å². The Morgan fingerprint density at radius 3 is 1.97 bits per heavy atom. The molecule has 0 aliphatic heterocycles. The SMILES string of the molecule is Cc1ccc(N(C=O)c2c([N+](=O)[O-])cc([N+](=O)[O-])cc2C(F)(F)F)c([N+](=O)[O-])c1. The second-order valence-electron chi connectivity index (χ2n) is 5.60. The van der Waals surface area contributed by atoms with Gasteiger partial charge in [0.2, 0.25) is 6.41 Å². The Bertz CT molecular complexity index is 1040. The molecule has 0 saturated heterocycles. The molecular weight excluding hydrogens is 405 g/mol. The van der Waals surface area contributed by atoms with Crippen molar-refractivity contribution < 1.29 is 32.7 Å². The average molecular weight is 414 g/mol. The number of rotatable bonds is 6. The van der Waals surface area contributed by atoms with Crippen LogP contribution in [0.25, 0.3) is 0 Å². The van der Waals surface area contributed by atoms with Crippen molar-refractivity contribution in [2.75, 3.05) is 4.90 Å². The number of aryl methyl sites for hydroxylation is 1. The molecule has 0 aliphatic carbocycles. The van der Waals surface area contributed by atoms with Gasteiger partial charge >= 0.3 is 11.9 Å². The van der Waals surface area contributed by atoms with Gasteiger partial charge in [-0.05, 0) is 18.6 Å². The summed E-state index contributed by atoms with van der Waals surface area (Å²) in [6, 6.07) is 3.38. The molecule has 11 nitrogen and oxygen atoms in total. The van der Waals surface area contributed by atoms with E-state index < -0.39 is 54.9 Å². The number of hydrogen-bond donors (Lipinski definition) is 0. The van der Waals surface area contributed by atoms with E-state index in [1.54, 1.807) is 0 Å². The van der Waals surface area contributed by atoms with Gasteiger partial charge in [0, 0.05) is 12.1 Å². The molecule has 0 heterocycles. The maximum absolute atomic E-state index is 13.5. The molecule has 0 N–H and O–H groups in total. The molecule has 152 valence electrons. The smallest absolute Gasteiger partial charge is 0.278 e. The number of hydrogen-bond acceptors (Lipinski definition) is 7. The molecule has 0 spiro atoms. The number of halogens is 3. The minimum Gasteiger partial charge on any atom is -0.278 e. The zero-order valence-electron chi connectivity index (χ0n) is 14.2. The van der Waals surface area contributed by atoms with Crippen LogP contribution in [0.5, 0.6) is 0 Å². The number of nitro benzene ring substituents is 3. The second-order valence-corrected chi connectivity index (χ2v) is 5.60. The van der Waals surface area contributed by atoms with Gasteiger partial charge in [-0.2, -0.15) is 13.2 Å². The molecule has 0 unspecified atom stereocenters. The van der Waals surface area contributed by atoms with E-state index in [0.29, 0.717) is 5.56 Å². The van der Waals surface area contributed by atoms with Crippen LogP contribution < -0.4 is 4.90 Å². The van der Waals surface area contributed by atoms with Gasteiger partial charge in [0.25, 0.3) is 11.4 Å². The number of alkyl halides is 3. The largest absolute Gasteiger partial charge is 0.418 e. The van der Waals surface area contributed by atoms with Gasteiger partial charge in [-0.15, -0.1) is 0 Å².